The average molecular weight is 637 g/mol. The maximum atomic E-state index is 11.7. The lowest BCUT2D eigenvalue weighted by molar-refractivity contribution is 0.00610. The van der Waals surface area contributed by atoms with E-state index in [4.69, 9.17) is 35.5 Å². The zero-order valence-electron chi connectivity index (χ0n) is 25.2. The van der Waals surface area contributed by atoms with E-state index in [1.165, 1.54) is 5.57 Å². The van der Waals surface area contributed by atoms with Crippen molar-refractivity contribution < 1.29 is 23.8 Å². The van der Waals surface area contributed by atoms with Crippen molar-refractivity contribution in [2.75, 3.05) is 6.61 Å². The molecule has 9 nitrogen and oxygen atoms in total. The number of aromatic carboxylic acids is 1. The number of ether oxygens (including phenoxy) is 2. The van der Waals surface area contributed by atoms with Crippen LogP contribution in [0, 0.1) is 17.2 Å². The van der Waals surface area contributed by atoms with Gasteiger partial charge >= 0.3 is 5.97 Å². The van der Waals surface area contributed by atoms with Crippen molar-refractivity contribution in [3.8, 4) is 11.9 Å². The minimum atomic E-state index is -0.938. The number of benzene rings is 2. The number of carbonyl (C=O) groups is 1. The molecule has 0 amide bonds. The van der Waals surface area contributed by atoms with Crippen molar-refractivity contribution >= 4 is 45.1 Å². The van der Waals surface area contributed by atoms with Gasteiger partial charge in [0.15, 0.2) is 5.22 Å². The van der Waals surface area contributed by atoms with Crippen LogP contribution in [0.3, 0.4) is 0 Å². The summed E-state index contributed by atoms with van der Waals surface area (Å²) in [5.74, 6) is 0.961. The van der Waals surface area contributed by atoms with Crippen LogP contribution in [-0.2, 0) is 24.3 Å². The largest absolute Gasteiger partial charge is 0.478 e. The number of carboxylic acids is 1. The maximum absolute atomic E-state index is 11.7. The molecule has 7 rings (SSSR count). The molecule has 2 unspecified atom stereocenters. The highest BCUT2D eigenvalue weighted by Crippen LogP contribution is 2.34. The number of imidazole rings is 1. The third kappa shape index (κ3) is 6.23. The van der Waals surface area contributed by atoms with Crippen LogP contribution in [0.25, 0.3) is 27.6 Å². The molecule has 5 aromatic rings. The first-order chi connectivity index (χ1) is 22.4. The van der Waals surface area contributed by atoms with Crippen LogP contribution >= 0.6 is 11.6 Å². The number of nitrogens with zero attached hydrogens (tertiary/aromatic N) is 4. The Kier molecular flexibility index (Phi) is 8.48. The summed E-state index contributed by atoms with van der Waals surface area (Å²) in [5.41, 5.74) is 5.86. The Balaban J connectivity index is 1.05. The van der Waals surface area contributed by atoms with Crippen LogP contribution in [-0.4, -0.2) is 38.3 Å². The maximum Gasteiger partial charge on any atom is 0.335 e. The second-order valence-electron chi connectivity index (χ2n) is 12.0. The molecule has 2 atom stereocenters. The molecule has 1 aliphatic carbocycles. The van der Waals surface area contributed by atoms with Gasteiger partial charge in [-0.1, -0.05) is 18.2 Å². The minimum absolute atomic E-state index is 0.108. The molecule has 1 N–H and O–H groups in total. The lowest BCUT2D eigenvalue weighted by atomic mass is 9.86. The summed E-state index contributed by atoms with van der Waals surface area (Å²) in [6, 6.07) is 18.3. The van der Waals surface area contributed by atoms with Crippen molar-refractivity contribution in [1.82, 2.24) is 14.5 Å². The van der Waals surface area contributed by atoms with Gasteiger partial charge in [0.05, 0.1) is 46.6 Å². The smallest absolute Gasteiger partial charge is 0.335 e. The van der Waals surface area contributed by atoms with Crippen molar-refractivity contribution in [2.45, 2.75) is 64.2 Å². The summed E-state index contributed by atoms with van der Waals surface area (Å²) < 4.78 is 20.0. The number of furan rings is 1. The van der Waals surface area contributed by atoms with Gasteiger partial charge in [0.25, 0.3) is 0 Å². The first kappa shape index (κ1) is 30.0. The van der Waals surface area contributed by atoms with Gasteiger partial charge in [-0.15, -0.1) is 0 Å². The summed E-state index contributed by atoms with van der Waals surface area (Å²) in [7, 11) is 0. The number of hydrogen-bond acceptors (Lipinski definition) is 7. The molecule has 1 saturated heterocycles. The van der Waals surface area contributed by atoms with E-state index in [0.29, 0.717) is 34.9 Å². The fourth-order valence-electron chi connectivity index (χ4n) is 6.57. The Labute approximate surface area is 271 Å². The van der Waals surface area contributed by atoms with Crippen molar-refractivity contribution in [3.05, 3.63) is 94.1 Å². The lowest BCUT2D eigenvalue weighted by Crippen LogP contribution is -2.26. The van der Waals surface area contributed by atoms with Crippen LogP contribution in [0.1, 0.15) is 71.5 Å². The fourth-order valence-corrected chi connectivity index (χ4v) is 6.76. The molecule has 234 valence electrons. The molecule has 46 heavy (non-hydrogen) atoms. The van der Waals surface area contributed by atoms with E-state index in [0.717, 1.165) is 79.7 Å². The molecule has 0 saturated carbocycles. The van der Waals surface area contributed by atoms with Crippen molar-refractivity contribution in [3.63, 3.8) is 0 Å². The molecule has 2 aromatic carbocycles. The quantitative estimate of drug-likeness (QED) is 0.173. The van der Waals surface area contributed by atoms with E-state index in [-0.39, 0.29) is 23.5 Å². The van der Waals surface area contributed by atoms with Gasteiger partial charge in [0, 0.05) is 36.1 Å². The molecule has 1 aliphatic heterocycles. The number of carboxylic acid groups (broad SMARTS) is 1. The Bertz CT molecular complexity index is 2000. The van der Waals surface area contributed by atoms with Gasteiger partial charge in [-0.2, -0.15) is 5.26 Å². The molecular weight excluding hydrogens is 604 g/mol. The van der Waals surface area contributed by atoms with E-state index < -0.39 is 5.97 Å². The van der Waals surface area contributed by atoms with Crippen molar-refractivity contribution in [1.29, 1.82) is 5.26 Å². The molecule has 0 radical (unpaired) electrons. The van der Waals surface area contributed by atoms with Crippen LogP contribution in [0.2, 0.25) is 5.22 Å². The lowest BCUT2D eigenvalue weighted by Gasteiger charge is -2.25. The van der Waals surface area contributed by atoms with Gasteiger partial charge in [0.1, 0.15) is 18.0 Å². The van der Waals surface area contributed by atoms with Gasteiger partial charge in [0.2, 0.25) is 5.88 Å². The van der Waals surface area contributed by atoms with E-state index in [2.05, 4.69) is 16.7 Å². The number of fused-ring (bicyclic) bond motifs is 2. The zero-order valence-corrected chi connectivity index (χ0v) is 26.0. The SMILES string of the molecule is N#Cc1ccc(COc2cccc(C3=CCC(Cc4nc5ccc(C(=O)O)cc5n4CC4CCCCO4)CC3)n2)c2oc(Cl)cc12. The molecule has 0 spiro atoms. The standard InChI is InChI=1S/C36H33ClN4O5/c37-32-18-28-25(19-38)11-12-26(35(28)46-32)21-45-34-6-3-5-29(40-34)23-9-7-22(8-10-23)16-33-39-30-14-13-24(36(42)43)17-31(30)41(33)20-27-4-1-2-15-44-27/h3,5-6,9,11-14,17-18,22,27H,1-2,4,7-8,10,15-16,20-21H2,(H,42,43). The number of allylic oxidation sites excluding steroid dienone is 2. The first-order valence-corrected chi connectivity index (χ1v) is 16.1. The molecule has 1 fully saturated rings. The highest BCUT2D eigenvalue weighted by Gasteiger charge is 2.24. The molecule has 10 heteroatoms. The van der Waals surface area contributed by atoms with Gasteiger partial charge in [-0.3, -0.25) is 0 Å². The Morgan fingerprint density at radius 3 is 2.83 bits per heavy atom. The van der Waals surface area contributed by atoms with E-state index in [1.807, 2.05) is 30.3 Å². The molecule has 3 aromatic heterocycles. The first-order valence-electron chi connectivity index (χ1n) is 15.7. The van der Waals surface area contributed by atoms with Gasteiger partial charge in [-0.25, -0.2) is 14.8 Å². The second kappa shape index (κ2) is 13.0. The normalized spacial score (nSPS) is 18.4. The predicted octanol–water partition coefficient (Wildman–Crippen LogP) is 7.98. The predicted molar refractivity (Wildman–Crippen MR) is 174 cm³/mol. The highest BCUT2D eigenvalue weighted by molar-refractivity contribution is 6.29. The molecular formula is C36H33ClN4O5. The van der Waals surface area contributed by atoms with Crippen LogP contribution in [0.15, 0.2) is 65.1 Å². The van der Waals surface area contributed by atoms with Crippen molar-refractivity contribution in [2.24, 2.45) is 5.92 Å². The third-order valence-electron chi connectivity index (χ3n) is 9.01. The zero-order chi connectivity index (χ0) is 31.6. The number of halogens is 1. The Morgan fingerprint density at radius 1 is 1.13 bits per heavy atom. The summed E-state index contributed by atoms with van der Waals surface area (Å²) >= 11 is 6.08. The number of pyridine rings is 1. The molecule has 2 aliphatic rings. The molecule has 4 heterocycles. The Morgan fingerprint density at radius 2 is 2.04 bits per heavy atom. The number of aromatic nitrogens is 3. The summed E-state index contributed by atoms with van der Waals surface area (Å²) in [4.78, 5) is 21.5. The van der Waals surface area contributed by atoms with Gasteiger partial charge in [-0.05, 0) is 91.9 Å². The summed E-state index contributed by atoms with van der Waals surface area (Å²) in [6.07, 6.45) is 9.18. The van der Waals surface area contributed by atoms with Crippen LogP contribution < -0.4 is 4.74 Å². The topological polar surface area (TPSA) is 123 Å². The minimum Gasteiger partial charge on any atom is -0.478 e. The van der Waals surface area contributed by atoms with E-state index in [1.54, 1.807) is 24.3 Å². The Hall–Kier alpha value is -4.65. The monoisotopic (exact) mass is 636 g/mol. The van der Waals surface area contributed by atoms with Gasteiger partial charge < -0.3 is 23.6 Å². The number of hydrogen-bond donors (Lipinski definition) is 1. The second-order valence-corrected chi connectivity index (χ2v) is 12.4. The average Bonchev–Trinajstić information content (AvgIpc) is 3.64. The fraction of sp³-hybridized carbons (Fsp3) is 0.333. The number of nitriles is 1. The van der Waals surface area contributed by atoms with E-state index >= 15 is 0 Å². The highest BCUT2D eigenvalue weighted by atomic mass is 35.5. The summed E-state index contributed by atoms with van der Waals surface area (Å²) in [6.45, 7) is 1.67. The number of rotatable bonds is 9. The van der Waals surface area contributed by atoms with Crippen LogP contribution in [0.5, 0.6) is 5.88 Å². The molecule has 0 bridgehead atoms. The van der Waals surface area contributed by atoms with Crippen LogP contribution in [0.4, 0.5) is 0 Å². The van der Waals surface area contributed by atoms with E-state index in [9.17, 15) is 15.2 Å². The summed E-state index contributed by atoms with van der Waals surface area (Å²) in [5, 5.41) is 19.9. The third-order valence-corrected chi connectivity index (χ3v) is 9.20.